The molecule has 0 bridgehead atoms. The molecule has 0 aromatic rings. The molecule has 0 aromatic carbocycles. The minimum Gasteiger partial charge on any atom is -0.444 e. The molecule has 0 aromatic heterocycles. The molecule has 0 fully saturated rings. The van der Waals surface area contributed by atoms with E-state index < -0.39 is 49.2 Å². The number of hydrogen-bond donors (Lipinski definition) is 6. The van der Waals surface area contributed by atoms with Crippen molar-refractivity contribution in [3.05, 3.63) is 0 Å². The second-order valence-electron chi connectivity index (χ2n) is 6.72. The summed E-state index contributed by atoms with van der Waals surface area (Å²) in [4.78, 5) is 11.8. The lowest BCUT2D eigenvalue weighted by molar-refractivity contribution is -0.103. The van der Waals surface area contributed by atoms with Crippen molar-refractivity contribution >= 4 is 6.09 Å². The SMILES string of the molecule is CC(C)(C)OC(=O)NC(CO)(CO)COCOCC(N)(CO)CO. The molecule has 0 aliphatic rings. The van der Waals surface area contributed by atoms with Gasteiger partial charge < -0.3 is 45.7 Å². The Kier molecular flexibility index (Phi) is 9.66. The van der Waals surface area contributed by atoms with Gasteiger partial charge in [-0.2, -0.15) is 0 Å². The van der Waals surface area contributed by atoms with Crippen LogP contribution >= 0.6 is 0 Å². The van der Waals surface area contributed by atoms with Gasteiger partial charge in [-0.15, -0.1) is 0 Å². The van der Waals surface area contributed by atoms with Gasteiger partial charge in [-0.25, -0.2) is 4.79 Å². The molecule has 0 spiro atoms. The first-order chi connectivity index (χ1) is 11.1. The van der Waals surface area contributed by atoms with Gasteiger partial charge in [0.1, 0.15) is 17.9 Å². The second-order valence-corrected chi connectivity index (χ2v) is 6.72. The van der Waals surface area contributed by atoms with Crippen molar-refractivity contribution in [3.8, 4) is 0 Å². The second kappa shape index (κ2) is 10.1. The average molecular weight is 354 g/mol. The number of nitrogens with one attached hydrogen (secondary N) is 1. The average Bonchev–Trinajstić information content (AvgIpc) is 2.51. The van der Waals surface area contributed by atoms with Crippen LogP contribution in [0.5, 0.6) is 0 Å². The minimum atomic E-state index is -1.44. The number of aliphatic hydroxyl groups excluding tert-OH is 4. The highest BCUT2D eigenvalue weighted by Gasteiger charge is 2.33. The number of hydrogen-bond acceptors (Lipinski definition) is 9. The quantitative estimate of drug-likeness (QED) is 0.180. The van der Waals surface area contributed by atoms with E-state index >= 15 is 0 Å². The summed E-state index contributed by atoms with van der Waals surface area (Å²) in [7, 11) is 0. The highest BCUT2D eigenvalue weighted by atomic mass is 16.7. The molecule has 0 unspecified atom stereocenters. The maximum Gasteiger partial charge on any atom is 0.408 e. The predicted molar refractivity (Wildman–Crippen MR) is 84.1 cm³/mol. The zero-order chi connectivity index (χ0) is 18.9. The van der Waals surface area contributed by atoms with E-state index in [-0.39, 0.29) is 20.0 Å². The summed E-state index contributed by atoms with van der Waals surface area (Å²) >= 11 is 0. The third-order valence-electron chi connectivity index (χ3n) is 2.94. The van der Waals surface area contributed by atoms with Gasteiger partial charge in [-0.1, -0.05) is 0 Å². The predicted octanol–water partition coefficient (Wildman–Crippen LogP) is -2.09. The lowest BCUT2D eigenvalue weighted by atomic mass is 10.0. The smallest absolute Gasteiger partial charge is 0.408 e. The topological polar surface area (TPSA) is 164 Å². The van der Waals surface area contributed by atoms with Gasteiger partial charge in [0.05, 0.1) is 45.2 Å². The molecule has 0 heterocycles. The van der Waals surface area contributed by atoms with Gasteiger partial charge in [0.15, 0.2) is 0 Å². The summed E-state index contributed by atoms with van der Waals surface area (Å²) < 4.78 is 15.3. The Labute approximate surface area is 141 Å². The summed E-state index contributed by atoms with van der Waals surface area (Å²) in [5.41, 5.74) is 2.14. The van der Waals surface area contributed by atoms with Crippen LogP contribution in [0.3, 0.4) is 0 Å². The first-order valence-electron chi connectivity index (χ1n) is 7.44. The monoisotopic (exact) mass is 354 g/mol. The molecule has 1 amide bonds. The first-order valence-corrected chi connectivity index (χ1v) is 7.44. The van der Waals surface area contributed by atoms with Crippen molar-refractivity contribution in [1.82, 2.24) is 5.32 Å². The van der Waals surface area contributed by atoms with Gasteiger partial charge in [-0.05, 0) is 20.8 Å². The number of carbonyl (C=O) groups is 1. The third kappa shape index (κ3) is 8.73. The summed E-state index contributed by atoms with van der Waals surface area (Å²) in [6, 6.07) is 0. The van der Waals surface area contributed by atoms with Crippen molar-refractivity contribution in [2.24, 2.45) is 5.73 Å². The number of rotatable bonds is 11. The summed E-state index contributed by atoms with van der Waals surface area (Å²) in [5, 5.41) is 39.3. The van der Waals surface area contributed by atoms with Crippen LogP contribution in [0.1, 0.15) is 20.8 Å². The summed E-state index contributed by atoms with van der Waals surface area (Å²) in [6.07, 6.45) is -0.809. The van der Waals surface area contributed by atoms with Crippen LogP contribution in [0.2, 0.25) is 0 Å². The van der Waals surface area contributed by atoms with Crippen LogP contribution in [0.4, 0.5) is 4.79 Å². The maximum absolute atomic E-state index is 11.8. The van der Waals surface area contributed by atoms with Crippen molar-refractivity contribution in [2.45, 2.75) is 37.5 Å². The van der Waals surface area contributed by atoms with Crippen LogP contribution in [0, 0.1) is 0 Å². The molecule has 0 radical (unpaired) electrons. The van der Waals surface area contributed by atoms with E-state index in [2.05, 4.69) is 5.32 Å². The largest absolute Gasteiger partial charge is 0.444 e. The first kappa shape index (κ1) is 23.0. The van der Waals surface area contributed by atoms with Crippen molar-refractivity contribution in [2.75, 3.05) is 46.4 Å². The lowest BCUT2D eigenvalue weighted by Crippen LogP contribution is -2.58. The standard InChI is InChI=1S/C14H30N2O8/c1-12(2,3)24-11(21)16-14(6-19,7-20)9-23-10-22-8-13(15,4-17)5-18/h17-20H,4-10,15H2,1-3H3,(H,16,21). The maximum atomic E-state index is 11.8. The number of amides is 1. The van der Waals surface area contributed by atoms with Gasteiger partial charge in [0.2, 0.25) is 0 Å². The normalized spacial score (nSPS) is 13.0. The molecule has 0 aliphatic heterocycles. The fourth-order valence-electron chi connectivity index (χ4n) is 1.46. The van der Waals surface area contributed by atoms with E-state index in [4.69, 9.17) is 30.2 Å². The Hall–Kier alpha value is -1.01. The molecule has 0 saturated heterocycles. The zero-order valence-electron chi connectivity index (χ0n) is 14.4. The van der Waals surface area contributed by atoms with Crippen LogP contribution in [-0.2, 0) is 14.2 Å². The summed E-state index contributed by atoms with van der Waals surface area (Å²) in [5.74, 6) is 0. The number of aliphatic hydroxyl groups is 4. The molecule has 144 valence electrons. The minimum absolute atomic E-state index is 0.162. The molecular weight excluding hydrogens is 324 g/mol. The highest BCUT2D eigenvalue weighted by molar-refractivity contribution is 5.68. The van der Waals surface area contributed by atoms with Crippen LogP contribution < -0.4 is 11.1 Å². The fraction of sp³-hybridized carbons (Fsp3) is 0.929. The Morgan fingerprint density at radius 2 is 1.46 bits per heavy atom. The molecule has 0 aliphatic carbocycles. The van der Waals surface area contributed by atoms with Gasteiger partial charge in [-0.3, -0.25) is 0 Å². The number of carbonyl (C=O) groups excluding carboxylic acids is 1. The van der Waals surface area contributed by atoms with Crippen molar-refractivity contribution in [1.29, 1.82) is 0 Å². The van der Waals surface area contributed by atoms with E-state index in [0.29, 0.717) is 0 Å². The zero-order valence-corrected chi connectivity index (χ0v) is 14.4. The van der Waals surface area contributed by atoms with E-state index in [9.17, 15) is 15.0 Å². The van der Waals surface area contributed by atoms with Crippen molar-refractivity contribution in [3.63, 3.8) is 0 Å². The van der Waals surface area contributed by atoms with E-state index in [1.165, 1.54) is 0 Å². The van der Waals surface area contributed by atoms with Gasteiger partial charge >= 0.3 is 6.09 Å². The number of alkyl carbamates (subject to hydrolysis) is 1. The van der Waals surface area contributed by atoms with Gasteiger partial charge in [0.25, 0.3) is 0 Å². The molecule has 10 nitrogen and oxygen atoms in total. The molecule has 0 atom stereocenters. The Morgan fingerprint density at radius 3 is 1.88 bits per heavy atom. The number of ether oxygens (including phenoxy) is 3. The lowest BCUT2D eigenvalue weighted by Gasteiger charge is -2.32. The van der Waals surface area contributed by atoms with E-state index in [0.717, 1.165) is 0 Å². The van der Waals surface area contributed by atoms with Crippen LogP contribution in [-0.4, -0.2) is 89.6 Å². The Balaban J connectivity index is 4.40. The Morgan fingerprint density at radius 1 is 0.958 bits per heavy atom. The molecular formula is C14H30N2O8. The molecule has 24 heavy (non-hydrogen) atoms. The highest BCUT2D eigenvalue weighted by Crippen LogP contribution is 2.10. The van der Waals surface area contributed by atoms with E-state index in [1.54, 1.807) is 20.8 Å². The number of nitrogens with two attached hydrogens (primary N) is 1. The molecule has 0 rings (SSSR count). The molecule has 7 N–H and O–H groups in total. The molecule has 0 saturated carbocycles. The van der Waals surface area contributed by atoms with Crippen LogP contribution in [0.25, 0.3) is 0 Å². The fourth-order valence-corrected chi connectivity index (χ4v) is 1.46. The molecule has 10 heteroatoms. The summed E-state index contributed by atoms with van der Waals surface area (Å²) in [6.45, 7) is 2.22. The van der Waals surface area contributed by atoms with Crippen LogP contribution in [0.15, 0.2) is 0 Å². The van der Waals surface area contributed by atoms with E-state index in [1.807, 2.05) is 0 Å². The van der Waals surface area contributed by atoms with Crippen molar-refractivity contribution < 1.29 is 39.4 Å². The van der Waals surface area contributed by atoms with Gasteiger partial charge in [0, 0.05) is 0 Å². The Bertz CT molecular complexity index is 364. The third-order valence-corrected chi connectivity index (χ3v) is 2.94.